The summed E-state index contributed by atoms with van der Waals surface area (Å²) < 4.78 is 3.49. The SMILES string of the molecule is Cc1c(C(=O)Nc2cccc(Cn3cccn3)c2)cnc2ccnn12. The van der Waals surface area contributed by atoms with Crippen LogP contribution in [0.2, 0.25) is 0 Å². The van der Waals surface area contributed by atoms with E-state index >= 15 is 0 Å². The van der Waals surface area contributed by atoms with Crippen molar-refractivity contribution in [2.75, 3.05) is 5.32 Å². The summed E-state index contributed by atoms with van der Waals surface area (Å²) in [4.78, 5) is 16.9. The molecule has 0 aliphatic heterocycles. The van der Waals surface area contributed by atoms with Crippen molar-refractivity contribution in [2.24, 2.45) is 0 Å². The Labute approximate surface area is 143 Å². The fourth-order valence-electron chi connectivity index (χ4n) is 2.74. The fraction of sp³-hybridized carbons (Fsp3) is 0.111. The maximum absolute atomic E-state index is 12.6. The van der Waals surface area contributed by atoms with Crippen molar-refractivity contribution < 1.29 is 4.79 Å². The summed E-state index contributed by atoms with van der Waals surface area (Å²) in [6, 6.07) is 11.4. The zero-order valence-electron chi connectivity index (χ0n) is 13.6. The van der Waals surface area contributed by atoms with Gasteiger partial charge in [-0.1, -0.05) is 12.1 Å². The van der Waals surface area contributed by atoms with Gasteiger partial charge in [0.05, 0.1) is 24.0 Å². The zero-order valence-corrected chi connectivity index (χ0v) is 13.6. The lowest BCUT2D eigenvalue weighted by molar-refractivity contribution is 0.102. The number of nitrogens with one attached hydrogen (secondary N) is 1. The van der Waals surface area contributed by atoms with Gasteiger partial charge >= 0.3 is 0 Å². The van der Waals surface area contributed by atoms with Crippen LogP contribution in [0, 0.1) is 6.92 Å². The minimum absolute atomic E-state index is 0.210. The van der Waals surface area contributed by atoms with E-state index in [1.165, 1.54) is 0 Å². The van der Waals surface area contributed by atoms with Gasteiger partial charge in [0, 0.05) is 30.3 Å². The Hall–Kier alpha value is -3.48. The number of benzene rings is 1. The third-order valence-corrected chi connectivity index (χ3v) is 3.99. The summed E-state index contributed by atoms with van der Waals surface area (Å²) in [5, 5.41) is 11.3. The molecule has 3 heterocycles. The van der Waals surface area contributed by atoms with Gasteiger partial charge in [-0.25, -0.2) is 9.50 Å². The van der Waals surface area contributed by atoms with Gasteiger partial charge in [0.2, 0.25) is 0 Å². The van der Waals surface area contributed by atoms with Crippen molar-refractivity contribution in [1.82, 2.24) is 24.4 Å². The van der Waals surface area contributed by atoms with Crippen molar-refractivity contribution in [1.29, 1.82) is 0 Å². The number of nitrogens with zero attached hydrogens (tertiary/aromatic N) is 5. The Morgan fingerprint density at radius 1 is 1.16 bits per heavy atom. The molecule has 1 amide bonds. The standard InChI is InChI=1S/C18H16N6O/c1-13-16(11-19-17-6-8-21-24(13)17)18(25)22-15-5-2-4-14(10-15)12-23-9-3-7-20-23/h2-11H,12H2,1H3,(H,22,25). The number of aromatic nitrogens is 5. The first-order valence-electron chi connectivity index (χ1n) is 7.88. The summed E-state index contributed by atoms with van der Waals surface area (Å²) in [5.41, 5.74) is 3.75. The van der Waals surface area contributed by atoms with Crippen LogP contribution in [0.3, 0.4) is 0 Å². The van der Waals surface area contributed by atoms with E-state index in [2.05, 4.69) is 20.5 Å². The molecule has 1 aromatic carbocycles. The molecule has 4 aromatic rings. The molecular formula is C18H16N6O. The molecule has 0 saturated heterocycles. The zero-order chi connectivity index (χ0) is 17.2. The van der Waals surface area contributed by atoms with Crippen LogP contribution in [-0.4, -0.2) is 30.3 Å². The normalized spacial score (nSPS) is 10.9. The number of aryl methyl sites for hydroxylation is 1. The predicted octanol–water partition coefficient (Wildman–Crippen LogP) is 2.53. The maximum Gasteiger partial charge on any atom is 0.259 e. The molecular weight excluding hydrogens is 316 g/mol. The highest BCUT2D eigenvalue weighted by molar-refractivity contribution is 6.04. The number of carbonyl (C=O) groups excluding carboxylic acids is 1. The quantitative estimate of drug-likeness (QED) is 0.623. The third kappa shape index (κ3) is 2.99. The monoisotopic (exact) mass is 332 g/mol. The molecule has 7 heteroatoms. The summed E-state index contributed by atoms with van der Waals surface area (Å²) in [7, 11) is 0. The number of rotatable bonds is 4. The van der Waals surface area contributed by atoms with Gasteiger partial charge < -0.3 is 5.32 Å². The number of fused-ring (bicyclic) bond motifs is 1. The van der Waals surface area contributed by atoms with E-state index in [-0.39, 0.29) is 5.91 Å². The second-order valence-electron chi connectivity index (χ2n) is 5.72. The number of carbonyl (C=O) groups is 1. The minimum atomic E-state index is -0.210. The maximum atomic E-state index is 12.6. The molecule has 7 nitrogen and oxygen atoms in total. The van der Waals surface area contributed by atoms with Gasteiger partial charge in [0.25, 0.3) is 5.91 Å². The smallest absolute Gasteiger partial charge is 0.259 e. The second-order valence-corrected chi connectivity index (χ2v) is 5.72. The molecule has 3 aromatic heterocycles. The number of amides is 1. The molecule has 0 bridgehead atoms. The Morgan fingerprint density at radius 2 is 2.08 bits per heavy atom. The number of anilines is 1. The molecule has 0 atom stereocenters. The fourth-order valence-corrected chi connectivity index (χ4v) is 2.74. The lowest BCUT2D eigenvalue weighted by Gasteiger charge is -2.10. The molecule has 1 N–H and O–H groups in total. The Kier molecular flexibility index (Phi) is 3.74. The van der Waals surface area contributed by atoms with Gasteiger partial charge in [-0.3, -0.25) is 9.48 Å². The molecule has 0 spiro atoms. The average Bonchev–Trinajstić information content (AvgIpc) is 3.27. The van der Waals surface area contributed by atoms with E-state index in [9.17, 15) is 4.79 Å². The minimum Gasteiger partial charge on any atom is -0.322 e. The van der Waals surface area contributed by atoms with Crippen molar-refractivity contribution in [3.05, 3.63) is 78.0 Å². The molecule has 25 heavy (non-hydrogen) atoms. The van der Waals surface area contributed by atoms with E-state index in [1.54, 1.807) is 29.2 Å². The van der Waals surface area contributed by atoms with Crippen LogP contribution < -0.4 is 5.32 Å². The largest absolute Gasteiger partial charge is 0.322 e. The molecule has 124 valence electrons. The van der Waals surface area contributed by atoms with Crippen molar-refractivity contribution >= 4 is 17.2 Å². The van der Waals surface area contributed by atoms with Crippen LogP contribution in [0.1, 0.15) is 21.6 Å². The molecule has 0 unspecified atom stereocenters. The first kappa shape index (κ1) is 15.1. The second kappa shape index (κ2) is 6.20. The number of hydrogen-bond acceptors (Lipinski definition) is 4. The summed E-state index contributed by atoms with van der Waals surface area (Å²) in [6.45, 7) is 2.50. The van der Waals surface area contributed by atoms with Crippen molar-refractivity contribution in [3.8, 4) is 0 Å². The van der Waals surface area contributed by atoms with E-state index < -0.39 is 0 Å². The Bertz CT molecular complexity index is 1030. The number of hydrogen-bond donors (Lipinski definition) is 1. The molecule has 0 aliphatic carbocycles. The van der Waals surface area contributed by atoms with Crippen LogP contribution >= 0.6 is 0 Å². The van der Waals surface area contributed by atoms with E-state index in [0.29, 0.717) is 12.1 Å². The van der Waals surface area contributed by atoms with E-state index in [1.807, 2.05) is 48.1 Å². The molecule has 0 saturated carbocycles. The molecule has 0 radical (unpaired) electrons. The first-order chi connectivity index (χ1) is 12.2. The van der Waals surface area contributed by atoms with Crippen LogP contribution in [0.25, 0.3) is 5.65 Å². The van der Waals surface area contributed by atoms with Crippen molar-refractivity contribution in [2.45, 2.75) is 13.5 Å². The molecule has 0 fully saturated rings. The summed E-state index contributed by atoms with van der Waals surface area (Å²) in [6.07, 6.45) is 6.89. The van der Waals surface area contributed by atoms with Crippen LogP contribution in [0.5, 0.6) is 0 Å². The van der Waals surface area contributed by atoms with Gasteiger partial charge in [0.1, 0.15) is 0 Å². The first-order valence-corrected chi connectivity index (χ1v) is 7.88. The third-order valence-electron chi connectivity index (χ3n) is 3.99. The van der Waals surface area contributed by atoms with Gasteiger partial charge in [0.15, 0.2) is 5.65 Å². The molecule has 4 rings (SSSR count). The Morgan fingerprint density at radius 3 is 2.92 bits per heavy atom. The van der Waals surface area contributed by atoms with Crippen molar-refractivity contribution in [3.63, 3.8) is 0 Å². The van der Waals surface area contributed by atoms with Gasteiger partial charge in [-0.05, 0) is 30.7 Å². The highest BCUT2D eigenvalue weighted by Crippen LogP contribution is 2.15. The summed E-state index contributed by atoms with van der Waals surface area (Å²) >= 11 is 0. The van der Waals surface area contributed by atoms with Gasteiger partial charge in [-0.2, -0.15) is 10.2 Å². The highest BCUT2D eigenvalue weighted by atomic mass is 16.1. The van der Waals surface area contributed by atoms with Crippen LogP contribution in [0.4, 0.5) is 5.69 Å². The van der Waals surface area contributed by atoms with Crippen LogP contribution in [-0.2, 0) is 6.54 Å². The average molecular weight is 332 g/mol. The lowest BCUT2D eigenvalue weighted by Crippen LogP contribution is -2.16. The molecule has 0 aliphatic rings. The predicted molar refractivity (Wildman–Crippen MR) is 93.4 cm³/mol. The topological polar surface area (TPSA) is 77.1 Å². The van der Waals surface area contributed by atoms with Gasteiger partial charge in [-0.15, -0.1) is 0 Å². The highest BCUT2D eigenvalue weighted by Gasteiger charge is 2.13. The lowest BCUT2D eigenvalue weighted by atomic mass is 10.2. The van der Waals surface area contributed by atoms with E-state index in [4.69, 9.17) is 0 Å². The summed E-state index contributed by atoms with van der Waals surface area (Å²) in [5.74, 6) is -0.210. The van der Waals surface area contributed by atoms with E-state index in [0.717, 1.165) is 22.6 Å². The van der Waals surface area contributed by atoms with Crippen LogP contribution in [0.15, 0.2) is 61.2 Å². The Balaban J connectivity index is 1.56.